The van der Waals surface area contributed by atoms with E-state index in [0.29, 0.717) is 19.5 Å². The second kappa shape index (κ2) is 14.0. The zero-order valence-corrected chi connectivity index (χ0v) is 29.3. The SMILES string of the molecule is C=CCN1CC(=O)N2[C@@H](Cc3ccc(O)cc3)C(=O)N(Cc3cc(C(C)(C)C)cc(C(C)(C)C)c3)C[C@@H]2N1C(=O)CCc1ccccc1. The Balaban J connectivity index is 1.55. The molecule has 2 aliphatic rings. The molecular weight excluding hydrogens is 600 g/mol. The molecule has 2 heterocycles. The number of hydrazine groups is 1. The quantitative estimate of drug-likeness (QED) is 0.289. The first-order valence-corrected chi connectivity index (χ1v) is 16.9. The molecule has 0 radical (unpaired) electrons. The number of fused-ring (bicyclic) bond motifs is 1. The standard InChI is InChI=1S/C40H50N4O4/c1-8-20-42-27-37(47)43-34(23-29-14-17-33(45)18-15-29)38(48)41(25-30-21-31(39(2,3)4)24-32(22-30)40(5,6)7)26-35(43)44(42)36(46)19-16-28-12-10-9-11-13-28/h8-15,17-18,21-22,24,34-35,45H,1,16,19-20,23,25-27H2,2-7H3/t34-,35-/m0/s1. The summed E-state index contributed by atoms with van der Waals surface area (Å²) in [5.74, 6) is -0.327. The van der Waals surface area contributed by atoms with E-state index in [4.69, 9.17) is 0 Å². The maximum absolute atomic E-state index is 14.5. The van der Waals surface area contributed by atoms with E-state index < -0.39 is 12.2 Å². The van der Waals surface area contributed by atoms with Gasteiger partial charge >= 0.3 is 0 Å². The van der Waals surface area contributed by atoms with Gasteiger partial charge in [-0.2, -0.15) is 0 Å². The Morgan fingerprint density at radius 1 is 0.875 bits per heavy atom. The summed E-state index contributed by atoms with van der Waals surface area (Å²) in [5, 5.41) is 13.4. The van der Waals surface area contributed by atoms with Crippen molar-refractivity contribution in [2.45, 2.75) is 90.4 Å². The van der Waals surface area contributed by atoms with Crippen LogP contribution in [-0.4, -0.2) is 74.5 Å². The molecule has 0 bridgehead atoms. The van der Waals surface area contributed by atoms with E-state index in [2.05, 4.69) is 66.3 Å². The Labute approximate surface area is 285 Å². The second-order valence-electron chi connectivity index (χ2n) is 15.2. The van der Waals surface area contributed by atoms with Gasteiger partial charge in [-0.1, -0.05) is 108 Å². The fraction of sp³-hybridized carbons (Fsp3) is 0.425. The highest BCUT2D eigenvalue weighted by Crippen LogP contribution is 2.33. The highest BCUT2D eigenvalue weighted by molar-refractivity contribution is 5.92. The second-order valence-corrected chi connectivity index (χ2v) is 15.2. The van der Waals surface area contributed by atoms with Crippen LogP contribution in [0.1, 0.15) is 75.8 Å². The van der Waals surface area contributed by atoms with E-state index >= 15 is 0 Å². The van der Waals surface area contributed by atoms with Crippen molar-refractivity contribution in [3.05, 3.63) is 113 Å². The molecule has 0 saturated carbocycles. The van der Waals surface area contributed by atoms with Gasteiger partial charge < -0.3 is 14.9 Å². The summed E-state index contributed by atoms with van der Waals surface area (Å²) in [7, 11) is 0. The lowest BCUT2D eigenvalue weighted by Crippen LogP contribution is -2.75. The van der Waals surface area contributed by atoms with Crippen LogP contribution in [0.3, 0.4) is 0 Å². The molecule has 5 rings (SSSR count). The maximum atomic E-state index is 14.5. The molecule has 0 aliphatic carbocycles. The Kier molecular flexibility index (Phi) is 10.2. The molecule has 3 aromatic carbocycles. The van der Waals surface area contributed by atoms with Gasteiger partial charge in [-0.25, -0.2) is 10.0 Å². The molecule has 0 unspecified atom stereocenters. The van der Waals surface area contributed by atoms with Gasteiger partial charge in [0.2, 0.25) is 17.7 Å². The number of aromatic hydroxyl groups is 1. The van der Waals surface area contributed by atoms with Crippen molar-refractivity contribution < 1.29 is 19.5 Å². The minimum Gasteiger partial charge on any atom is -0.508 e. The summed E-state index contributed by atoms with van der Waals surface area (Å²) in [6.07, 6.45) is 2.11. The molecule has 3 aromatic rings. The van der Waals surface area contributed by atoms with Gasteiger partial charge in [0.05, 0.1) is 13.1 Å². The Bertz CT molecular complexity index is 1610. The number of hydrogen-bond acceptors (Lipinski definition) is 5. The molecule has 0 aromatic heterocycles. The predicted octanol–water partition coefficient (Wildman–Crippen LogP) is 5.97. The summed E-state index contributed by atoms with van der Waals surface area (Å²) < 4.78 is 0. The van der Waals surface area contributed by atoms with Crippen molar-refractivity contribution in [3.63, 3.8) is 0 Å². The summed E-state index contributed by atoms with van der Waals surface area (Å²) in [6.45, 7) is 17.9. The summed E-state index contributed by atoms with van der Waals surface area (Å²) in [6, 6.07) is 22.4. The minimum atomic E-state index is -0.816. The number of piperazine rings is 1. The van der Waals surface area contributed by atoms with Gasteiger partial charge in [0, 0.05) is 25.9 Å². The van der Waals surface area contributed by atoms with Crippen molar-refractivity contribution in [3.8, 4) is 5.75 Å². The monoisotopic (exact) mass is 650 g/mol. The molecule has 2 aliphatic heterocycles. The van der Waals surface area contributed by atoms with E-state index in [0.717, 1.165) is 16.7 Å². The largest absolute Gasteiger partial charge is 0.508 e. The minimum absolute atomic E-state index is 0.0263. The smallest absolute Gasteiger partial charge is 0.246 e. The fourth-order valence-corrected chi connectivity index (χ4v) is 6.64. The highest BCUT2D eigenvalue weighted by atomic mass is 16.3. The van der Waals surface area contributed by atoms with Crippen LogP contribution in [0.25, 0.3) is 0 Å². The number of amides is 3. The lowest BCUT2D eigenvalue weighted by atomic mass is 9.79. The van der Waals surface area contributed by atoms with Crippen LogP contribution in [0.2, 0.25) is 0 Å². The summed E-state index contributed by atoms with van der Waals surface area (Å²) in [5.41, 5.74) is 5.10. The summed E-state index contributed by atoms with van der Waals surface area (Å²) in [4.78, 5) is 46.1. The van der Waals surface area contributed by atoms with Crippen molar-refractivity contribution in [2.24, 2.45) is 0 Å². The van der Waals surface area contributed by atoms with E-state index in [-0.39, 0.29) is 60.2 Å². The lowest BCUT2D eigenvalue weighted by molar-refractivity contribution is -0.205. The van der Waals surface area contributed by atoms with Gasteiger partial charge in [-0.3, -0.25) is 14.4 Å². The number of aryl methyl sites for hydroxylation is 1. The van der Waals surface area contributed by atoms with Crippen molar-refractivity contribution in [1.29, 1.82) is 0 Å². The molecule has 0 spiro atoms. The van der Waals surface area contributed by atoms with Crippen molar-refractivity contribution in [2.75, 3.05) is 19.6 Å². The van der Waals surface area contributed by atoms with E-state index in [1.807, 2.05) is 35.2 Å². The first-order chi connectivity index (χ1) is 22.7. The third kappa shape index (κ3) is 7.81. The number of rotatable bonds is 9. The maximum Gasteiger partial charge on any atom is 0.246 e. The molecule has 2 saturated heterocycles. The van der Waals surface area contributed by atoms with Crippen LogP contribution in [0, 0.1) is 0 Å². The molecule has 8 nitrogen and oxygen atoms in total. The van der Waals surface area contributed by atoms with Gasteiger partial charge in [0.15, 0.2) is 0 Å². The average molecular weight is 651 g/mol. The van der Waals surface area contributed by atoms with Crippen LogP contribution < -0.4 is 0 Å². The number of carbonyl (C=O) groups is 3. The molecule has 2 fully saturated rings. The van der Waals surface area contributed by atoms with E-state index in [9.17, 15) is 19.5 Å². The number of benzene rings is 3. The number of hydrogen-bond donors (Lipinski definition) is 1. The number of phenols is 1. The molecule has 8 heteroatoms. The molecule has 3 amide bonds. The number of nitrogens with zero attached hydrogens (tertiary/aromatic N) is 4. The topological polar surface area (TPSA) is 84.4 Å². The fourth-order valence-electron chi connectivity index (χ4n) is 6.64. The Morgan fingerprint density at radius 2 is 1.50 bits per heavy atom. The zero-order chi connectivity index (χ0) is 34.8. The lowest BCUT2D eigenvalue weighted by Gasteiger charge is -2.55. The number of phenolic OH excluding ortho intramolecular Hbond substituents is 1. The van der Waals surface area contributed by atoms with Crippen LogP contribution >= 0.6 is 0 Å². The number of carbonyl (C=O) groups excluding carboxylic acids is 3. The van der Waals surface area contributed by atoms with E-state index in [1.54, 1.807) is 45.3 Å². The van der Waals surface area contributed by atoms with Gasteiger partial charge in [-0.15, -0.1) is 6.58 Å². The van der Waals surface area contributed by atoms with Gasteiger partial charge in [0.1, 0.15) is 18.0 Å². The normalized spacial score (nSPS) is 19.0. The summed E-state index contributed by atoms with van der Waals surface area (Å²) >= 11 is 0. The zero-order valence-electron chi connectivity index (χ0n) is 29.3. The van der Waals surface area contributed by atoms with Crippen LogP contribution in [0.5, 0.6) is 5.75 Å². The van der Waals surface area contributed by atoms with Gasteiger partial charge in [0.25, 0.3) is 0 Å². The molecule has 48 heavy (non-hydrogen) atoms. The van der Waals surface area contributed by atoms with Crippen LogP contribution in [-0.2, 0) is 44.6 Å². The third-order valence-corrected chi connectivity index (χ3v) is 9.36. The Hall–Kier alpha value is -4.43. The average Bonchev–Trinajstić information content (AvgIpc) is 3.02. The molecule has 1 N–H and O–H groups in total. The first-order valence-electron chi connectivity index (χ1n) is 16.9. The molecule has 2 atom stereocenters. The van der Waals surface area contributed by atoms with Crippen molar-refractivity contribution in [1.82, 2.24) is 19.8 Å². The first kappa shape index (κ1) is 34.9. The molecule has 254 valence electrons. The van der Waals surface area contributed by atoms with Gasteiger partial charge in [-0.05, 0) is 57.2 Å². The predicted molar refractivity (Wildman–Crippen MR) is 189 cm³/mol. The molecular formula is C40H50N4O4. The van der Waals surface area contributed by atoms with Crippen molar-refractivity contribution >= 4 is 17.7 Å². The Morgan fingerprint density at radius 3 is 2.08 bits per heavy atom. The van der Waals surface area contributed by atoms with Crippen LogP contribution in [0.15, 0.2) is 85.5 Å². The third-order valence-electron chi connectivity index (χ3n) is 9.36. The van der Waals surface area contributed by atoms with E-state index in [1.165, 1.54) is 11.1 Å². The highest BCUT2D eigenvalue weighted by Gasteiger charge is 2.51. The van der Waals surface area contributed by atoms with Crippen LogP contribution in [0.4, 0.5) is 0 Å².